The molecule has 0 spiro atoms. The van der Waals surface area contributed by atoms with Gasteiger partial charge in [0.25, 0.3) is 0 Å². The highest BCUT2D eigenvalue weighted by molar-refractivity contribution is 6.30. The summed E-state index contributed by atoms with van der Waals surface area (Å²) >= 11 is 6.11. The highest BCUT2D eigenvalue weighted by Gasteiger charge is 2.45. The van der Waals surface area contributed by atoms with Gasteiger partial charge in [-0.3, -0.25) is 4.79 Å². The average molecular weight is 408 g/mol. The monoisotopic (exact) mass is 407 g/mol. The molecule has 0 N–H and O–H groups in total. The molecule has 5 heteroatoms. The minimum atomic E-state index is 0.0468. The van der Waals surface area contributed by atoms with E-state index in [1.165, 1.54) is 5.56 Å². The number of para-hydroxylation sites is 1. The number of amides is 1. The van der Waals surface area contributed by atoms with Crippen molar-refractivity contribution in [1.82, 2.24) is 14.7 Å². The summed E-state index contributed by atoms with van der Waals surface area (Å²) in [6.07, 6.45) is 0.893. The molecule has 0 bridgehead atoms. The topological polar surface area (TPSA) is 38.1 Å². The Morgan fingerprint density at radius 2 is 1.93 bits per heavy atom. The quantitative estimate of drug-likeness (QED) is 0.582. The zero-order valence-corrected chi connectivity index (χ0v) is 18.1. The molecule has 2 atom stereocenters. The first kappa shape index (κ1) is 19.7. The Bertz CT molecular complexity index is 1070. The van der Waals surface area contributed by atoms with Crippen LogP contribution in [0.25, 0.3) is 5.69 Å². The Morgan fingerprint density at radius 1 is 1.17 bits per heavy atom. The second-order valence-corrected chi connectivity index (χ2v) is 8.48. The lowest BCUT2D eigenvalue weighted by Crippen LogP contribution is -2.28. The van der Waals surface area contributed by atoms with Crippen molar-refractivity contribution in [3.8, 4) is 5.69 Å². The molecule has 1 saturated carbocycles. The van der Waals surface area contributed by atoms with Gasteiger partial charge in [0, 0.05) is 35.8 Å². The van der Waals surface area contributed by atoms with Crippen LogP contribution in [0.2, 0.25) is 5.02 Å². The molecule has 0 saturated heterocycles. The van der Waals surface area contributed by atoms with Crippen molar-refractivity contribution in [3.05, 3.63) is 81.6 Å². The Balaban J connectivity index is 1.50. The van der Waals surface area contributed by atoms with Crippen LogP contribution in [0.5, 0.6) is 0 Å². The van der Waals surface area contributed by atoms with E-state index in [0.29, 0.717) is 6.54 Å². The summed E-state index contributed by atoms with van der Waals surface area (Å²) in [6.45, 7) is 6.75. The van der Waals surface area contributed by atoms with Gasteiger partial charge >= 0.3 is 0 Å². The van der Waals surface area contributed by atoms with Gasteiger partial charge < -0.3 is 4.90 Å². The predicted octanol–water partition coefficient (Wildman–Crippen LogP) is 5.21. The number of hydrogen-bond donors (Lipinski definition) is 0. The lowest BCUT2D eigenvalue weighted by Gasteiger charge is -2.18. The molecule has 1 fully saturated rings. The third-order valence-corrected chi connectivity index (χ3v) is 6.18. The summed E-state index contributed by atoms with van der Waals surface area (Å²) < 4.78 is 1.99. The number of rotatable bonds is 5. The molecule has 2 unspecified atom stereocenters. The Kier molecular flexibility index (Phi) is 5.22. The fourth-order valence-corrected chi connectivity index (χ4v) is 4.31. The molecule has 4 rings (SSSR count). The lowest BCUT2D eigenvalue weighted by atomic mass is 10.1. The molecule has 0 radical (unpaired) electrons. The van der Waals surface area contributed by atoms with Crippen LogP contribution in [0.4, 0.5) is 0 Å². The van der Waals surface area contributed by atoms with Crippen molar-refractivity contribution in [2.45, 2.75) is 39.7 Å². The van der Waals surface area contributed by atoms with Crippen LogP contribution in [0, 0.1) is 26.7 Å². The maximum absolute atomic E-state index is 13.0. The summed E-state index contributed by atoms with van der Waals surface area (Å²) in [4.78, 5) is 14.8. The molecule has 2 aromatic carbocycles. The predicted molar refractivity (Wildman–Crippen MR) is 117 cm³/mol. The van der Waals surface area contributed by atoms with Crippen molar-refractivity contribution in [2.75, 3.05) is 7.05 Å². The van der Waals surface area contributed by atoms with E-state index < -0.39 is 0 Å². The van der Waals surface area contributed by atoms with Crippen LogP contribution in [0.1, 0.15) is 40.4 Å². The van der Waals surface area contributed by atoms with Crippen LogP contribution < -0.4 is 0 Å². The third-order valence-electron chi connectivity index (χ3n) is 5.94. The van der Waals surface area contributed by atoms with Gasteiger partial charge in [-0.1, -0.05) is 41.9 Å². The van der Waals surface area contributed by atoms with Gasteiger partial charge in [-0.2, -0.15) is 5.10 Å². The normalized spacial score (nSPS) is 18.0. The minimum absolute atomic E-state index is 0.0468. The van der Waals surface area contributed by atoms with Crippen LogP contribution in [0.15, 0.2) is 48.5 Å². The number of hydrogen-bond acceptors (Lipinski definition) is 2. The molecule has 4 nitrogen and oxygen atoms in total. The Morgan fingerprint density at radius 3 is 2.66 bits per heavy atom. The Hall–Kier alpha value is -2.59. The molecule has 29 heavy (non-hydrogen) atoms. The van der Waals surface area contributed by atoms with E-state index in [1.807, 2.05) is 53.9 Å². The summed E-state index contributed by atoms with van der Waals surface area (Å²) in [5.74, 6) is 0.517. The highest BCUT2D eigenvalue weighted by Crippen LogP contribution is 2.48. The van der Waals surface area contributed by atoms with E-state index in [0.717, 1.165) is 39.6 Å². The number of aryl methyl sites for hydroxylation is 2. The van der Waals surface area contributed by atoms with Crippen molar-refractivity contribution >= 4 is 17.5 Å². The van der Waals surface area contributed by atoms with E-state index in [4.69, 9.17) is 16.7 Å². The zero-order chi connectivity index (χ0) is 20.7. The molecule has 0 aliphatic heterocycles. The standard InChI is InChI=1S/C24H26ClN3O/c1-15-8-5-6-11-23(15)28-17(3)22(16(2)26-28)14-27(4)24(29)21-13-20(21)18-9-7-10-19(25)12-18/h5-12,20-21H,13-14H2,1-4H3. The van der Waals surface area contributed by atoms with Crippen LogP contribution in [-0.4, -0.2) is 27.6 Å². The van der Waals surface area contributed by atoms with Crippen LogP contribution >= 0.6 is 11.6 Å². The smallest absolute Gasteiger partial charge is 0.226 e. The SMILES string of the molecule is Cc1ccccc1-n1nc(C)c(CN(C)C(=O)C2CC2c2cccc(Cl)c2)c1C. The van der Waals surface area contributed by atoms with Crippen LogP contribution in [0.3, 0.4) is 0 Å². The molecular weight excluding hydrogens is 382 g/mol. The van der Waals surface area contributed by atoms with Gasteiger partial charge in [0.05, 0.1) is 11.4 Å². The largest absolute Gasteiger partial charge is 0.341 e. The summed E-state index contributed by atoms with van der Waals surface area (Å²) in [6, 6.07) is 16.1. The number of carbonyl (C=O) groups excluding carboxylic acids is 1. The van der Waals surface area contributed by atoms with Crippen LogP contribution in [-0.2, 0) is 11.3 Å². The third kappa shape index (κ3) is 3.82. The molecule has 1 aliphatic carbocycles. The number of halogens is 1. The van der Waals surface area contributed by atoms with Crippen molar-refractivity contribution < 1.29 is 4.79 Å². The number of carbonyl (C=O) groups is 1. The zero-order valence-electron chi connectivity index (χ0n) is 17.3. The van der Waals surface area contributed by atoms with E-state index in [1.54, 1.807) is 0 Å². The van der Waals surface area contributed by atoms with Gasteiger partial charge in [0.1, 0.15) is 0 Å². The lowest BCUT2D eigenvalue weighted by molar-refractivity contribution is -0.131. The average Bonchev–Trinajstić information content (AvgIpc) is 3.45. The fourth-order valence-electron chi connectivity index (χ4n) is 4.11. The number of nitrogens with zero attached hydrogens (tertiary/aromatic N) is 3. The van der Waals surface area contributed by atoms with E-state index >= 15 is 0 Å². The van der Waals surface area contributed by atoms with Gasteiger partial charge in [-0.25, -0.2) is 4.68 Å². The molecular formula is C24H26ClN3O. The van der Waals surface area contributed by atoms with Gasteiger partial charge in [0.2, 0.25) is 5.91 Å². The maximum atomic E-state index is 13.0. The number of aromatic nitrogens is 2. The first-order chi connectivity index (χ1) is 13.9. The molecule has 150 valence electrons. The summed E-state index contributed by atoms with van der Waals surface area (Å²) in [7, 11) is 1.89. The minimum Gasteiger partial charge on any atom is -0.341 e. The van der Waals surface area contributed by atoms with E-state index in [2.05, 4.69) is 32.0 Å². The summed E-state index contributed by atoms with van der Waals surface area (Å²) in [5.41, 5.74) is 6.58. The molecule has 1 amide bonds. The second-order valence-electron chi connectivity index (χ2n) is 8.05. The molecule has 1 heterocycles. The fraction of sp³-hybridized carbons (Fsp3) is 0.333. The van der Waals surface area contributed by atoms with E-state index in [9.17, 15) is 4.79 Å². The van der Waals surface area contributed by atoms with E-state index in [-0.39, 0.29) is 17.7 Å². The first-order valence-electron chi connectivity index (χ1n) is 9.98. The molecule has 1 aliphatic rings. The van der Waals surface area contributed by atoms with Gasteiger partial charge in [-0.05, 0) is 62.4 Å². The molecule has 1 aromatic heterocycles. The van der Waals surface area contributed by atoms with Gasteiger partial charge in [0.15, 0.2) is 0 Å². The second kappa shape index (κ2) is 7.68. The van der Waals surface area contributed by atoms with Gasteiger partial charge in [-0.15, -0.1) is 0 Å². The maximum Gasteiger partial charge on any atom is 0.226 e. The van der Waals surface area contributed by atoms with Crippen molar-refractivity contribution in [2.24, 2.45) is 5.92 Å². The van der Waals surface area contributed by atoms with Crippen molar-refractivity contribution in [1.29, 1.82) is 0 Å². The highest BCUT2D eigenvalue weighted by atomic mass is 35.5. The molecule has 3 aromatic rings. The van der Waals surface area contributed by atoms with Crippen molar-refractivity contribution in [3.63, 3.8) is 0 Å². The summed E-state index contributed by atoms with van der Waals surface area (Å²) in [5, 5.41) is 5.48. The first-order valence-corrected chi connectivity index (χ1v) is 10.4. The number of benzene rings is 2. The Labute approximate surface area is 177 Å².